The summed E-state index contributed by atoms with van der Waals surface area (Å²) in [6.07, 6.45) is 3.88. The molecule has 3 heterocycles. The molecule has 0 fully saturated rings. The van der Waals surface area contributed by atoms with E-state index in [2.05, 4.69) is 101 Å². The van der Waals surface area contributed by atoms with Crippen LogP contribution in [-0.4, -0.2) is 9.13 Å². The van der Waals surface area contributed by atoms with Crippen LogP contribution in [0.15, 0.2) is 105 Å². The molecule has 7 rings (SSSR count). The molecule has 192 valence electrons. The van der Waals surface area contributed by atoms with Crippen LogP contribution in [-0.2, 0) is 6.42 Å². The number of aromatic nitrogens is 2. The molecule has 2 aliphatic rings. The Hall–Kier alpha value is -3.74. The van der Waals surface area contributed by atoms with Crippen LogP contribution >= 0.6 is 27.3 Å². The highest BCUT2D eigenvalue weighted by Crippen LogP contribution is 2.41. The molecule has 39 heavy (non-hydrogen) atoms. The van der Waals surface area contributed by atoms with Crippen molar-refractivity contribution >= 4 is 39.0 Å². The lowest BCUT2D eigenvalue weighted by Gasteiger charge is -2.30. The van der Waals surface area contributed by atoms with Crippen LogP contribution in [0.4, 0.5) is 0 Å². The van der Waals surface area contributed by atoms with Gasteiger partial charge in [0.05, 0.1) is 16.3 Å². The Morgan fingerprint density at radius 1 is 0.949 bits per heavy atom. The number of halogens is 1. The Balaban J connectivity index is 1.45. The maximum atomic E-state index is 14.1. The van der Waals surface area contributed by atoms with E-state index < -0.39 is 0 Å². The summed E-state index contributed by atoms with van der Waals surface area (Å²) in [5, 5.41) is 0. The molecule has 6 heteroatoms. The first-order valence-corrected chi connectivity index (χ1v) is 14.7. The van der Waals surface area contributed by atoms with Crippen molar-refractivity contribution in [1.29, 1.82) is 0 Å². The summed E-state index contributed by atoms with van der Waals surface area (Å²) >= 11 is 5.06. The Labute approximate surface area is 239 Å². The molecule has 0 unspecified atom stereocenters. The SMILES string of the molecule is Cc1cc(/C=c2/sc3n(c2=O)[C@H](c2ccc(Br)cc2)C2=C(N=3)c3ccccc3CC2)c(C)n1-c1ccccc1. The molecule has 3 aromatic carbocycles. The minimum Gasteiger partial charge on any atom is -0.318 e. The van der Waals surface area contributed by atoms with Gasteiger partial charge in [-0.05, 0) is 85.4 Å². The highest BCUT2D eigenvalue weighted by molar-refractivity contribution is 9.10. The molecule has 0 radical (unpaired) electrons. The number of hydrogen-bond acceptors (Lipinski definition) is 3. The van der Waals surface area contributed by atoms with Gasteiger partial charge in [0.2, 0.25) is 0 Å². The summed E-state index contributed by atoms with van der Waals surface area (Å²) in [7, 11) is 0. The van der Waals surface area contributed by atoms with Gasteiger partial charge in [0, 0.05) is 27.1 Å². The van der Waals surface area contributed by atoms with E-state index in [1.165, 1.54) is 28.0 Å². The van der Waals surface area contributed by atoms with Crippen LogP contribution in [0.5, 0.6) is 0 Å². The van der Waals surface area contributed by atoms with E-state index in [0.29, 0.717) is 4.53 Å². The first kappa shape index (κ1) is 24.3. The first-order chi connectivity index (χ1) is 19.0. The fraction of sp³-hybridized carbons (Fsp3) is 0.152. The van der Waals surface area contributed by atoms with Gasteiger partial charge >= 0.3 is 0 Å². The second-order valence-electron chi connectivity index (χ2n) is 10.2. The fourth-order valence-electron chi connectivity index (χ4n) is 6.02. The van der Waals surface area contributed by atoms with Gasteiger partial charge in [-0.1, -0.05) is 81.9 Å². The lowest BCUT2D eigenvalue weighted by atomic mass is 9.83. The summed E-state index contributed by atoms with van der Waals surface area (Å²) in [4.78, 5) is 20.0. The van der Waals surface area contributed by atoms with Gasteiger partial charge in [0.1, 0.15) is 0 Å². The molecule has 0 amide bonds. The Kier molecular flexibility index (Phi) is 5.90. The number of para-hydroxylation sites is 1. The van der Waals surface area contributed by atoms with Crippen molar-refractivity contribution in [2.24, 2.45) is 4.99 Å². The summed E-state index contributed by atoms with van der Waals surface area (Å²) in [6, 6.07) is 29.2. The van der Waals surface area contributed by atoms with Crippen molar-refractivity contribution in [1.82, 2.24) is 9.13 Å². The molecular formula is C33H26BrN3OS. The van der Waals surface area contributed by atoms with Crippen molar-refractivity contribution in [2.75, 3.05) is 0 Å². The summed E-state index contributed by atoms with van der Waals surface area (Å²) < 4.78 is 5.89. The molecule has 5 aromatic rings. The fourth-order valence-corrected chi connectivity index (χ4v) is 7.27. The van der Waals surface area contributed by atoms with Crippen molar-refractivity contribution in [2.45, 2.75) is 32.7 Å². The molecule has 0 spiro atoms. The normalized spacial score (nSPS) is 16.5. The standard InChI is InChI=1S/C33H26BrN3OS/c1-20-18-24(21(2)36(20)26-9-4-3-5-10-26)19-29-32(38)37-31(23-12-15-25(34)16-13-23)28-17-14-22-8-6-7-11-27(22)30(28)35-33(37)39-29/h3-13,15-16,18-19,31H,14,17H2,1-2H3/b29-19+/t31-/m1/s1. The van der Waals surface area contributed by atoms with Crippen molar-refractivity contribution in [3.63, 3.8) is 0 Å². The van der Waals surface area contributed by atoms with Gasteiger partial charge in [0.15, 0.2) is 4.80 Å². The number of thiazole rings is 1. The lowest BCUT2D eigenvalue weighted by molar-refractivity contribution is 0.585. The zero-order valence-electron chi connectivity index (χ0n) is 21.7. The monoisotopic (exact) mass is 591 g/mol. The van der Waals surface area contributed by atoms with Crippen LogP contribution in [0.3, 0.4) is 0 Å². The number of aryl methyl sites for hydroxylation is 2. The van der Waals surface area contributed by atoms with Crippen LogP contribution in [0, 0.1) is 13.8 Å². The minimum atomic E-state index is -0.170. The number of allylic oxidation sites excluding steroid dienone is 1. The predicted molar refractivity (Wildman–Crippen MR) is 162 cm³/mol. The first-order valence-electron chi connectivity index (χ1n) is 13.1. The average Bonchev–Trinajstić information content (AvgIpc) is 3.42. The Morgan fingerprint density at radius 2 is 1.69 bits per heavy atom. The highest BCUT2D eigenvalue weighted by Gasteiger charge is 2.32. The average molecular weight is 593 g/mol. The quantitative estimate of drug-likeness (QED) is 0.236. The molecule has 0 saturated carbocycles. The van der Waals surface area contributed by atoms with Crippen molar-refractivity contribution in [3.8, 4) is 5.69 Å². The van der Waals surface area contributed by atoms with E-state index in [0.717, 1.165) is 56.0 Å². The molecular weight excluding hydrogens is 566 g/mol. The molecule has 4 nitrogen and oxygen atoms in total. The van der Waals surface area contributed by atoms with Crippen molar-refractivity contribution < 1.29 is 0 Å². The summed E-state index contributed by atoms with van der Waals surface area (Å²) in [5.74, 6) is 0. The summed E-state index contributed by atoms with van der Waals surface area (Å²) in [6.45, 7) is 4.22. The maximum Gasteiger partial charge on any atom is 0.271 e. The van der Waals surface area contributed by atoms with E-state index in [4.69, 9.17) is 4.99 Å². The molecule has 0 saturated heterocycles. The second kappa shape index (κ2) is 9.47. The molecule has 1 atom stereocenters. The van der Waals surface area contributed by atoms with Crippen LogP contribution in [0.25, 0.3) is 17.5 Å². The van der Waals surface area contributed by atoms with Gasteiger partial charge in [-0.15, -0.1) is 0 Å². The zero-order chi connectivity index (χ0) is 26.7. The number of nitrogens with zero attached hydrogens (tertiary/aromatic N) is 3. The third-order valence-electron chi connectivity index (χ3n) is 7.83. The van der Waals surface area contributed by atoms with Gasteiger partial charge in [-0.2, -0.15) is 0 Å². The third kappa shape index (κ3) is 4.01. The number of rotatable bonds is 3. The molecule has 0 N–H and O–H groups in total. The Bertz CT molecular complexity index is 1960. The van der Waals surface area contributed by atoms with E-state index in [1.807, 2.05) is 28.8 Å². The number of fused-ring (bicyclic) bond motifs is 3. The third-order valence-corrected chi connectivity index (χ3v) is 9.34. The van der Waals surface area contributed by atoms with Crippen LogP contribution in [0.2, 0.25) is 0 Å². The van der Waals surface area contributed by atoms with E-state index in [1.54, 1.807) is 0 Å². The van der Waals surface area contributed by atoms with Gasteiger partial charge in [-0.3, -0.25) is 9.36 Å². The molecule has 0 bridgehead atoms. The minimum absolute atomic E-state index is 0.0154. The van der Waals surface area contributed by atoms with Gasteiger partial charge in [0.25, 0.3) is 5.56 Å². The highest BCUT2D eigenvalue weighted by atomic mass is 79.9. The predicted octanol–water partition coefficient (Wildman–Crippen LogP) is 6.49. The largest absolute Gasteiger partial charge is 0.318 e. The number of hydrogen-bond donors (Lipinski definition) is 0. The van der Waals surface area contributed by atoms with Gasteiger partial charge < -0.3 is 4.57 Å². The molecule has 2 aromatic heterocycles. The van der Waals surface area contributed by atoms with E-state index in [9.17, 15) is 4.79 Å². The maximum absolute atomic E-state index is 14.1. The van der Waals surface area contributed by atoms with E-state index >= 15 is 0 Å². The lowest BCUT2D eigenvalue weighted by Crippen LogP contribution is -2.38. The second-order valence-corrected chi connectivity index (χ2v) is 12.1. The topological polar surface area (TPSA) is 39.3 Å². The zero-order valence-corrected chi connectivity index (χ0v) is 24.1. The molecule has 1 aliphatic carbocycles. The Morgan fingerprint density at radius 3 is 2.49 bits per heavy atom. The van der Waals surface area contributed by atoms with E-state index in [-0.39, 0.29) is 11.6 Å². The van der Waals surface area contributed by atoms with Crippen LogP contribution in [0.1, 0.15) is 46.1 Å². The summed E-state index contributed by atoms with van der Waals surface area (Å²) in [5.41, 5.74) is 10.3. The van der Waals surface area contributed by atoms with Crippen LogP contribution < -0.4 is 14.9 Å². The number of benzene rings is 3. The van der Waals surface area contributed by atoms with Crippen molar-refractivity contribution in [3.05, 3.63) is 148 Å². The van der Waals surface area contributed by atoms with Gasteiger partial charge in [-0.25, -0.2) is 4.99 Å². The molecule has 1 aliphatic heterocycles. The smallest absolute Gasteiger partial charge is 0.271 e.